The molecular weight excluding hydrogens is 443 g/mol. The highest BCUT2D eigenvalue weighted by Gasteiger charge is 2.31. The third kappa shape index (κ3) is 3.84. The van der Waals surface area contributed by atoms with Gasteiger partial charge >= 0.3 is 11.2 Å². The molecule has 8 nitrogen and oxygen atoms in total. The van der Waals surface area contributed by atoms with Crippen molar-refractivity contribution in [3.8, 4) is 0 Å². The number of benzene rings is 2. The molecule has 0 saturated carbocycles. The van der Waals surface area contributed by atoms with E-state index in [1.54, 1.807) is 52.3 Å². The number of nitro groups is 1. The van der Waals surface area contributed by atoms with E-state index in [0.717, 1.165) is 0 Å². The van der Waals surface area contributed by atoms with Crippen molar-refractivity contribution in [3.05, 3.63) is 78.5 Å². The second kappa shape index (κ2) is 8.20. The molecule has 1 fully saturated rings. The molecule has 2 heterocycles. The van der Waals surface area contributed by atoms with Crippen LogP contribution in [0.3, 0.4) is 0 Å². The second-order valence-electron chi connectivity index (χ2n) is 7.27. The zero-order valence-electron chi connectivity index (χ0n) is 16.5. The van der Waals surface area contributed by atoms with Crippen molar-refractivity contribution in [1.29, 1.82) is 0 Å². The lowest BCUT2D eigenvalue weighted by molar-refractivity contribution is -0.385. The fraction of sp³-hybridized carbons (Fsp3) is 0.238. The number of halogens is 2. The smallest absolute Gasteiger partial charge is 0.357 e. The minimum atomic E-state index is -0.686. The Morgan fingerprint density at radius 2 is 1.61 bits per heavy atom. The number of rotatable bonds is 3. The van der Waals surface area contributed by atoms with Crippen LogP contribution >= 0.6 is 23.2 Å². The number of hydrogen-bond acceptors (Lipinski definition) is 5. The molecule has 1 aliphatic heterocycles. The molecule has 0 unspecified atom stereocenters. The summed E-state index contributed by atoms with van der Waals surface area (Å²) in [6.07, 6.45) is 0. The summed E-state index contributed by atoms with van der Waals surface area (Å²) in [6, 6.07) is 11.6. The van der Waals surface area contributed by atoms with Gasteiger partial charge in [0.15, 0.2) is 0 Å². The molecule has 1 amide bonds. The van der Waals surface area contributed by atoms with Crippen LogP contribution in [0.5, 0.6) is 0 Å². The predicted molar refractivity (Wildman–Crippen MR) is 120 cm³/mol. The minimum Gasteiger partial charge on any atom is -0.362 e. The summed E-state index contributed by atoms with van der Waals surface area (Å²) < 4.78 is 1.26. The van der Waals surface area contributed by atoms with E-state index in [-0.39, 0.29) is 11.6 Å². The van der Waals surface area contributed by atoms with E-state index in [1.165, 1.54) is 11.6 Å². The Morgan fingerprint density at radius 3 is 2.23 bits per heavy atom. The van der Waals surface area contributed by atoms with Crippen molar-refractivity contribution in [3.63, 3.8) is 0 Å². The van der Waals surface area contributed by atoms with Crippen LogP contribution in [-0.4, -0.2) is 46.5 Å². The van der Waals surface area contributed by atoms with E-state index >= 15 is 0 Å². The summed E-state index contributed by atoms with van der Waals surface area (Å²) >= 11 is 12.0. The van der Waals surface area contributed by atoms with Crippen LogP contribution in [-0.2, 0) is 7.05 Å². The Bertz CT molecular complexity index is 1250. The van der Waals surface area contributed by atoms with Crippen LogP contribution in [0, 0.1) is 10.1 Å². The van der Waals surface area contributed by atoms with Gasteiger partial charge in [0, 0.05) is 54.2 Å². The molecule has 1 aliphatic rings. The third-order valence-corrected chi connectivity index (χ3v) is 5.95. The van der Waals surface area contributed by atoms with Crippen LogP contribution in [0.25, 0.3) is 10.9 Å². The average molecular weight is 461 g/mol. The Balaban J connectivity index is 1.69. The first-order chi connectivity index (χ1) is 14.8. The molecule has 0 N–H and O–H groups in total. The number of carbonyl (C=O) groups excluding carboxylic acids is 1. The molecular formula is C21H18Cl2N4O4. The maximum absolute atomic E-state index is 12.8. The Kier molecular flexibility index (Phi) is 5.60. The lowest BCUT2D eigenvalue weighted by atomic mass is 10.1. The van der Waals surface area contributed by atoms with Gasteiger partial charge in [0.1, 0.15) is 5.69 Å². The maximum Gasteiger partial charge on any atom is 0.357 e. The number of piperazine rings is 1. The fourth-order valence-corrected chi connectivity index (χ4v) is 4.18. The van der Waals surface area contributed by atoms with Crippen molar-refractivity contribution >= 4 is 51.4 Å². The maximum atomic E-state index is 12.8. The quantitative estimate of drug-likeness (QED) is 0.438. The molecule has 3 aromatic rings. The molecule has 2 aromatic carbocycles. The SMILES string of the molecule is Cn1c(=O)c([N+](=O)[O-])c(N2CCN(C(=O)c3ccc(Cl)cc3)CC2)c2cc(Cl)ccc21. The van der Waals surface area contributed by atoms with Crippen LogP contribution < -0.4 is 10.5 Å². The third-order valence-electron chi connectivity index (χ3n) is 5.46. The molecule has 1 aromatic heterocycles. The summed E-state index contributed by atoms with van der Waals surface area (Å²) in [5.41, 5.74) is 0.137. The number of anilines is 1. The first-order valence-electron chi connectivity index (χ1n) is 9.54. The highest BCUT2D eigenvalue weighted by Crippen LogP contribution is 2.35. The van der Waals surface area contributed by atoms with Gasteiger partial charge in [0.2, 0.25) is 0 Å². The molecule has 0 atom stereocenters. The largest absolute Gasteiger partial charge is 0.362 e. The minimum absolute atomic E-state index is 0.136. The van der Waals surface area contributed by atoms with Crippen LogP contribution in [0.4, 0.5) is 11.4 Å². The molecule has 0 spiro atoms. The Morgan fingerprint density at radius 1 is 1.00 bits per heavy atom. The van der Waals surface area contributed by atoms with Gasteiger partial charge in [-0.05, 0) is 42.5 Å². The van der Waals surface area contributed by atoms with E-state index in [4.69, 9.17) is 23.2 Å². The van der Waals surface area contributed by atoms with Gasteiger partial charge in [0.05, 0.1) is 10.4 Å². The first kappa shape index (κ1) is 21.1. The van der Waals surface area contributed by atoms with E-state index in [1.807, 2.05) is 0 Å². The zero-order valence-corrected chi connectivity index (χ0v) is 18.1. The van der Waals surface area contributed by atoms with Crippen molar-refractivity contribution in [1.82, 2.24) is 9.47 Å². The highest BCUT2D eigenvalue weighted by atomic mass is 35.5. The van der Waals surface area contributed by atoms with Gasteiger partial charge in [-0.15, -0.1) is 0 Å². The van der Waals surface area contributed by atoms with Gasteiger partial charge in [-0.25, -0.2) is 0 Å². The molecule has 1 saturated heterocycles. The first-order valence-corrected chi connectivity index (χ1v) is 10.3. The molecule has 0 radical (unpaired) electrons. The number of pyridine rings is 1. The van der Waals surface area contributed by atoms with Crippen LogP contribution in [0.1, 0.15) is 10.4 Å². The van der Waals surface area contributed by atoms with Gasteiger partial charge in [-0.3, -0.25) is 19.7 Å². The summed E-state index contributed by atoms with van der Waals surface area (Å²) in [6.45, 7) is 1.40. The number of aromatic nitrogens is 1. The summed E-state index contributed by atoms with van der Waals surface area (Å²) in [7, 11) is 1.50. The molecule has 0 aliphatic carbocycles. The van der Waals surface area contributed by atoms with E-state index in [0.29, 0.717) is 52.7 Å². The lowest BCUT2D eigenvalue weighted by Crippen LogP contribution is -2.49. The average Bonchev–Trinajstić information content (AvgIpc) is 2.76. The molecule has 10 heteroatoms. The summed E-state index contributed by atoms with van der Waals surface area (Å²) in [5.74, 6) is -0.136. The molecule has 0 bridgehead atoms. The number of amides is 1. The van der Waals surface area contributed by atoms with Crippen molar-refractivity contribution < 1.29 is 9.72 Å². The molecule has 4 rings (SSSR count). The topological polar surface area (TPSA) is 88.7 Å². The van der Waals surface area contributed by atoms with Gasteiger partial charge in [-0.1, -0.05) is 23.2 Å². The summed E-state index contributed by atoms with van der Waals surface area (Å²) in [5, 5.41) is 13.3. The number of aryl methyl sites for hydroxylation is 1. The van der Waals surface area contributed by atoms with Crippen molar-refractivity contribution in [2.75, 3.05) is 31.1 Å². The predicted octanol–water partition coefficient (Wildman–Crippen LogP) is 3.72. The zero-order chi connectivity index (χ0) is 22.3. The van der Waals surface area contributed by atoms with Gasteiger partial charge < -0.3 is 14.4 Å². The van der Waals surface area contributed by atoms with Crippen LogP contribution in [0.2, 0.25) is 10.0 Å². The highest BCUT2D eigenvalue weighted by molar-refractivity contribution is 6.31. The molecule has 160 valence electrons. The molecule has 31 heavy (non-hydrogen) atoms. The lowest BCUT2D eigenvalue weighted by Gasteiger charge is -2.36. The van der Waals surface area contributed by atoms with Crippen LogP contribution in [0.15, 0.2) is 47.3 Å². The van der Waals surface area contributed by atoms with E-state index in [9.17, 15) is 19.7 Å². The standard InChI is InChI=1S/C21H18Cl2N4O4/c1-24-17-7-6-15(23)12-16(17)18(19(21(24)29)27(30)31)25-8-10-26(11-9-25)20(28)13-2-4-14(22)5-3-13/h2-7,12H,8-11H2,1H3. The monoisotopic (exact) mass is 460 g/mol. The number of carbonyl (C=O) groups is 1. The number of hydrogen-bond donors (Lipinski definition) is 0. The van der Waals surface area contributed by atoms with Crippen molar-refractivity contribution in [2.24, 2.45) is 7.05 Å². The second-order valence-corrected chi connectivity index (χ2v) is 8.14. The normalized spacial score (nSPS) is 14.2. The number of fused-ring (bicyclic) bond motifs is 1. The number of nitrogens with zero attached hydrogens (tertiary/aromatic N) is 4. The summed E-state index contributed by atoms with van der Waals surface area (Å²) in [4.78, 5) is 40.1. The van der Waals surface area contributed by atoms with Gasteiger partial charge in [0.25, 0.3) is 5.91 Å². The van der Waals surface area contributed by atoms with E-state index in [2.05, 4.69) is 0 Å². The van der Waals surface area contributed by atoms with E-state index < -0.39 is 16.2 Å². The fourth-order valence-electron chi connectivity index (χ4n) is 3.88. The Hall–Kier alpha value is -3.10. The van der Waals surface area contributed by atoms with Gasteiger partial charge in [-0.2, -0.15) is 0 Å². The Labute approximate surface area is 187 Å². The van der Waals surface area contributed by atoms with Crippen molar-refractivity contribution in [2.45, 2.75) is 0 Å².